The molecule has 8 nitrogen and oxygen atoms in total. The van der Waals surface area contributed by atoms with Gasteiger partial charge in [-0.3, -0.25) is 9.55 Å². The number of fused-ring (bicyclic) bond motifs is 3. The Morgan fingerprint density at radius 2 is 1.82 bits per heavy atom. The maximum Gasteiger partial charge on any atom is 0.331 e. The normalized spacial score (nSPS) is 11.6. The lowest BCUT2D eigenvalue weighted by atomic mass is 9.86. The molecule has 33 heavy (non-hydrogen) atoms. The number of hydrogen-bond donors (Lipinski definition) is 1. The van der Waals surface area contributed by atoms with Gasteiger partial charge in [0.2, 0.25) is 5.88 Å². The lowest BCUT2D eigenvalue weighted by molar-refractivity contribution is 0.398. The molecule has 0 radical (unpaired) electrons. The molecule has 0 saturated carbocycles. The number of aromatic amines is 1. The van der Waals surface area contributed by atoms with Crippen LogP contribution in [0.5, 0.6) is 5.88 Å². The molecule has 1 N–H and O–H groups in total. The molecule has 0 amide bonds. The van der Waals surface area contributed by atoms with Crippen molar-refractivity contribution in [2.24, 2.45) is 0 Å². The summed E-state index contributed by atoms with van der Waals surface area (Å²) in [5.41, 5.74) is 4.67. The van der Waals surface area contributed by atoms with Gasteiger partial charge in [-0.25, -0.2) is 14.8 Å². The highest BCUT2D eigenvalue weighted by Gasteiger charge is 2.20. The van der Waals surface area contributed by atoms with Crippen LogP contribution in [-0.2, 0) is 5.41 Å². The summed E-state index contributed by atoms with van der Waals surface area (Å²) in [6.07, 6.45) is 3.33. The first kappa shape index (κ1) is 20.4. The standard InChI is InChI=1S/C25H20N6O2/c1-25(2,14-26)16-5-7-17(8-6-16)31-23-20(30-24(31)32)13-27-19-10-9-18(29-22(19)23)15-4-11-21(33-3)28-12-15/h4-13H,1-3H3,(H,30,32). The molecule has 0 spiro atoms. The molecular weight excluding hydrogens is 416 g/mol. The highest BCUT2D eigenvalue weighted by molar-refractivity contribution is 6.01. The molecule has 1 aromatic carbocycles. The van der Waals surface area contributed by atoms with Crippen molar-refractivity contribution in [2.75, 3.05) is 7.11 Å². The Kier molecular flexibility index (Phi) is 4.68. The number of benzene rings is 1. The quantitative estimate of drug-likeness (QED) is 0.454. The van der Waals surface area contributed by atoms with E-state index in [-0.39, 0.29) is 5.69 Å². The van der Waals surface area contributed by atoms with Gasteiger partial charge in [0, 0.05) is 17.8 Å². The Bertz CT molecular complexity index is 1590. The summed E-state index contributed by atoms with van der Waals surface area (Å²) in [5, 5.41) is 9.42. The van der Waals surface area contributed by atoms with Gasteiger partial charge in [0.05, 0.1) is 47.2 Å². The molecule has 0 aliphatic rings. The summed E-state index contributed by atoms with van der Waals surface area (Å²) in [6, 6.07) is 17.1. The Morgan fingerprint density at radius 3 is 2.48 bits per heavy atom. The van der Waals surface area contributed by atoms with Crippen LogP contribution in [-0.4, -0.2) is 31.6 Å². The molecule has 5 rings (SSSR count). The zero-order chi connectivity index (χ0) is 23.2. The van der Waals surface area contributed by atoms with E-state index in [2.05, 4.69) is 21.0 Å². The molecule has 0 aliphatic heterocycles. The molecule has 0 atom stereocenters. The largest absolute Gasteiger partial charge is 0.481 e. The molecule has 0 fully saturated rings. The Labute approximate surface area is 189 Å². The first-order chi connectivity index (χ1) is 15.9. The molecule has 0 saturated heterocycles. The Balaban J connectivity index is 1.71. The van der Waals surface area contributed by atoms with E-state index in [1.807, 2.05) is 56.3 Å². The van der Waals surface area contributed by atoms with Crippen molar-refractivity contribution in [3.63, 3.8) is 0 Å². The van der Waals surface area contributed by atoms with E-state index in [1.165, 1.54) is 0 Å². The van der Waals surface area contributed by atoms with Crippen molar-refractivity contribution in [3.05, 3.63) is 77.0 Å². The molecule has 4 heterocycles. The third-order valence-corrected chi connectivity index (χ3v) is 5.72. The number of ether oxygens (including phenoxy) is 1. The summed E-state index contributed by atoms with van der Waals surface area (Å²) < 4.78 is 6.72. The monoisotopic (exact) mass is 436 g/mol. The highest BCUT2D eigenvalue weighted by atomic mass is 16.5. The van der Waals surface area contributed by atoms with Gasteiger partial charge in [0.25, 0.3) is 0 Å². The fraction of sp³-hybridized carbons (Fsp3) is 0.160. The van der Waals surface area contributed by atoms with Crippen molar-refractivity contribution in [1.29, 1.82) is 5.26 Å². The van der Waals surface area contributed by atoms with E-state index in [0.717, 1.165) is 11.1 Å². The van der Waals surface area contributed by atoms with Gasteiger partial charge in [-0.1, -0.05) is 12.1 Å². The zero-order valence-corrected chi connectivity index (χ0v) is 18.3. The van der Waals surface area contributed by atoms with Crippen LogP contribution in [0.25, 0.3) is 39.0 Å². The number of nitrogens with zero attached hydrogens (tertiary/aromatic N) is 5. The van der Waals surface area contributed by atoms with Gasteiger partial charge >= 0.3 is 5.69 Å². The second kappa shape index (κ2) is 7.57. The summed E-state index contributed by atoms with van der Waals surface area (Å²) in [5.74, 6) is 0.520. The number of nitrogens with one attached hydrogen (secondary N) is 1. The first-order valence-corrected chi connectivity index (χ1v) is 10.3. The van der Waals surface area contributed by atoms with Gasteiger partial charge < -0.3 is 9.72 Å². The van der Waals surface area contributed by atoms with Crippen molar-refractivity contribution in [2.45, 2.75) is 19.3 Å². The van der Waals surface area contributed by atoms with Gasteiger partial charge in [-0.05, 0) is 49.7 Å². The minimum absolute atomic E-state index is 0.287. The van der Waals surface area contributed by atoms with E-state index in [1.54, 1.807) is 30.1 Å². The highest BCUT2D eigenvalue weighted by Crippen LogP contribution is 2.28. The lowest BCUT2D eigenvalue weighted by Gasteiger charge is -2.16. The molecule has 0 aliphatic carbocycles. The van der Waals surface area contributed by atoms with Gasteiger partial charge in [0.15, 0.2) is 0 Å². The summed E-state index contributed by atoms with van der Waals surface area (Å²) in [7, 11) is 1.57. The number of hydrogen-bond acceptors (Lipinski definition) is 6. The SMILES string of the molecule is COc1ccc(-c2ccc3ncc4[nH]c(=O)n(-c5ccc(C(C)(C)C#N)cc5)c4c3n2)cn1. The maximum absolute atomic E-state index is 12.9. The van der Waals surface area contributed by atoms with Crippen LogP contribution in [0.1, 0.15) is 19.4 Å². The van der Waals surface area contributed by atoms with E-state index in [9.17, 15) is 10.1 Å². The number of rotatable bonds is 4. The van der Waals surface area contributed by atoms with E-state index >= 15 is 0 Å². The van der Waals surface area contributed by atoms with Crippen LogP contribution in [0.15, 0.2) is 65.7 Å². The lowest BCUT2D eigenvalue weighted by Crippen LogP contribution is -2.16. The van der Waals surface area contributed by atoms with Crippen molar-refractivity contribution in [1.82, 2.24) is 24.5 Å². The van der Waals surface area contributed by atoms with Crippen LogP contribution >= 0.6 is 0 Å². The van der Waals surface area contributed by atoms with Gasteiger partial charge in [-0.15, -0.1) is 0 Å². The smallest absolute Gasteiger partial charge is 0.331 e. The maximum atomic E-state index is 12.9. The van der Waals surface area contributed by atoms with Crippen LogP contribution in [0.4, 0.5) is 0 Å². The third-order valence-electron chi connectivity index (χ3n) is 5.72. The summed E-state index contributed by atoms with van der Waals surface area (Å²) >= 11 is 0. The average molecular weight is 436 g/mol. The second-order valence-corrected chi connectivity index (χ2v) is 8.22. The molecule has 8 heteroatoms. The topological polar surface area (TPSA) is 109 Å². The molecular formula is C25H20N6O2. The Hall–Kier alpha value is -4.51. The minimum Gasteiger partial charge on any atom is -0.481 e. The van der Waals surface area contributed by atoms with E-state index < -0.39 is 5.41 Å². The zero-order valence-electron chi connectivity index (χ0n) is 18.3. The molecule has 5 aromatic rings. The molecule has 0 unspecified atom stereocenters. The van der Waals surface area contributed by atoms with E-state index in [4.69, 9.17) is 9.72 Å². The predicted octanol–water partition coefficient (Wildman–Crippen LogP) is 4.13. The number of methoxy groups -OCH3 is 1. The number of pyridine rings is 3. The second-order valence-electron chi connectivity index (χ2n) is 8.22. The predicted molar refractivity (Wildman–Crippen MR) is 125 cm³/mol. The van der Waals surface area contributed by atoms with Gasteiger partial charge in [-0.2, -0.15) is 5.26 Å². The average Bonchev–Trinajstić information content (AvgIpc) is 3.20. The number of imidazole rings is 1. The molecule has 4 aromatic heterocycles. The minimum atomic E-state index is -0.622. The first-order valence-electron chi connectivity index (χ1n) is 10.3. The van der Waals surface area contributed by atoms with Gasteiger partial charge in [0.1, 0.15) is 11.0 Å². The summed E-state index contributed by atoms with van der Waals surface area (Å²) in [4.78, 5) is 29.3. The van der Waals surface area contributed by atoms with Crippen LogP contribution in [0.3, 0.4) is 0 Å². The Morgan fingerprint density at radius 1 is 1.03 bits per heavy atom. The van der Waals surface area contributed by atoms with Crippen LogP contribution in [0.2, 0.25) is 0 Å². The van der Waals surface area contributed by atoms with Crippen molar-refractivity contribution in [3.8, 4) is 28.9 Å². The van der Waals surface area contributed by atoms with E-state index in [0.29, 0.717) is 39.3 Å². The molecule has 162 valence electrons. The van der Waals surface area contributed by atoms with Crippen molar-refractivity contribution >= 4 is 22.1 Å². The summed E-state index contributed by atoms with van der Waals surface area (Å²) in [6.45, 7) is 3.72. The third kappa shape index (κ3) is 3.40. The van der Waals surface area contributed by atoms with Crippen molar-refractivity contribution < 1.29 is 4.74 Å². The van der Waals surface area contributed by atoms with Crippen LogP contribution in [0, 0.1) is 11.3 Å². The molecule has 0 bridgehead atoms. The number of aromatic nitrogens is 5. The fourth-order valence-electron chi connectivity index (χ4n) is 3.79. The fourth-order valence-corrected chi connectivity index (χ4v) is 3.79. The number of nitriles is 1. The number of H-pyrrole nitrogens is 1. The van der Waals surface area contributed by atoms with Crippen LogP contribution < -0.4 is 10.4 Å².